The van der Waals surface area contributed by atoms with Crippen LogP contribution in [0.4, 0.5) is 11.5 Å². The van der Waals surface area contributed by atoms with E-state index >= 15 is 0 Å². The molecular formula is C27H33N5O3. The number of pyridine rings is 1. The van der Waals surface area contributed by atoms with Gasteiger partial charge in [-0.1, -0.05) is 19.1 Å². The number of carbonyl (C=O) groups is 3. The molecule has 2 aromatic rings. The van der Waals surface area contributed by atoms with Crippen molar-refractivity contribution in [2.75, 3.05) is 49.1 Å². The van der Waals surface area contributed by atoms with E-state index in [4.69, 9.17) is 0 Å². The summed E-state index contributed by atoms with van der Waals surface area (Å²) in [5.41, 5.74) is 4.32. The van der Waals surface area contributed by atoms with Crippen LogP contribution in [0.2, 0.25) is 0 Å². The number of aryl methyl sites for hydroxylation is 2. The van der Waals surface area contributed by atoms with Crippen molar-refractivity contribution in [1.82, 2.24) is 15.2 Å². The van der Waals surface area contributed by atoms with Gasteiger partial charge in [-0.2, -0.15) is 0 Å². The Morgan fingerprint density at radius 3 is 2.46 bits per heavy atom. The molecule has 3 saturated heterocycles. The molecule has 3 amide bonds. The predicted octanol–water partition coefficient (Wildman–Crippen LogP) is 2.64. The largest absolute Gasteiger partial charge is 0.355 e. The molecule has 0 bridgehead atoms. The number of aromatic nitrogens is 1. The molecule has 0 saturated carbocycles. The first-order valence-corrected chi connectivity index (χ1v) is 12.5. The van der Waals surface area contributed by atoms with Crippen molar-refractivity contribution in [3.8, 4) is 0 Å². The maximum Gasteiger partial charge on any atom is 0.256 e. The number of amides is 3. The topological polar surface area (TPSA) is 85.8 Å². The van der Waals surface area contributed by atoms with Crippen molar-refractivity contribution in [1.29, 1.82) is 0 Å². The molecule has 8 nitrogen and oxygen atoms in total. The minimum absolute atomic E-state index is 0.00593. The first-order chi connectivity index (χ1) is 16.8. The van der Waals surface area contributed by atoms with Crippen molar-refractivity contribution in [3.05, 3.63) is 52.7 Å². The van der Waals surface area contributed by atoms with E-state index < -0.39 is 0 Å². The van der Waals surface area contributed by atoms with Gasteiger partial charge in [0.1, 0.15) is 5.82 Å². The van der Waals surface area contributed by atoms with E-state index in [9.17, 15) is 14.4 Å². The average Bonchev–Trinajstić information content (AvgIpc) is 3.42. The lowest BCUT2D eigenvalue weighted by molar-refractivity contribution is -0.120. The van der Waals surface area contributed by atoms with Gasteiger partial charge in [0.05, 0.1) is 17.2 Å². The summed E-state index contributed by atoms with van der Waals surface area (Å²) in [6.45, 7) is 9.98. The Hall–Kier alpha value is -3.42. The van der Waals surface area contributed by atoms with Crippen LogP contribution in [0.3, 0.4) is 0 Å². The molecule has 1 aromatic carbocycles. The molecule has 3 aliphatic heterocycles. The normalized spacial score (nSPS) is 22.7. The van der Waals surface area contributed by atoms with Gasteiger partial charge in [0, 0.05) is 51.9 Å². The zero-order valence-electron chi connectivity index (χ0n) is 20.7. The number of rotatable bonds is 4. The average molecular weight is 476 g/mol. The van der Waals surface area contributed by atoms with Gasteiger partial charge in [0.15, 0.2) is 0 Å². The molecule has 0 aliphatic carbocycles. The Morgan fingerprint density at radius 2 is 1.83 bits per heavy atom. The molecule has 4 heterocycles. The Kier molecular flexibility index (Phi) is 6.21. The highest BCUT2D eigenvalue weighted by atomic mass is 16.2. The Bertz CT molecular complexity index is 1170. The lowest BCUT2D eigenvalue weighted by atomic mass is 9.88. The van der Waals surface area contributed by atoms with Crippen LogP contribution in [0.15, 0.2) is 30.5 Å². The van der Waals surface area contributed by atoms with Gasteiger partial charge in [0.2, 0.25) is 11.8 Å². The maximum atomic E-state index is 13.7. The minimum atomic E-state index is -0.260. The molecule has 0 spiro atoms. The second-order valence-electron chi connectivity index (χ2n) is 10.1. The van der Waals surface area contributed by atoms with Crippen LogP contribution in [0, 0.1) is 19.8 Å². The summed E-state index contributed by atoms with van der Waals surface area (Å²) in [4.78, 5) is 49.2. The highest BCUT2D eigenvalue weighted by Crippen LogP contribution is 2.35. The van der Waals surface area contributed by atoms with Crippen molar-refractivity contribution < 1.29 is 14.4 Å². The highest BCUT2D eigenvalue weighted by molar-refractivity contribution is 6.06. The molecule has 184 valence electrons. The van der Waals surface area contributed by atoms with Crippen LogP contribution in [0.1, 0.15) is 52.7 Å². The number of piperazine rings is 1. The molecule has 1 aromatic heterocycles. The Balaban J connectivity index is 1.39. The lowest BCUT2D eigenvalue weighted by Crippen LogP contribution is -2.49. The zero-order valence-corrected chi connectivity index (χ0v) is 20.7. The van der Waals surface area contributed by atoms with Crippen LogP contribution >= 0.6 is 0 Å². The van der Waals surface area contributed by atoms with E-state index in [0.717, 1.165) is 28.9 Å². The van der Waals surface area contributed by atoms with Crippen molar-refractivity contribution >= 4 is 29.2 Å². The van der Waals surface area contributed by atoms with Gasteiger partial charge in [-0.05, 0) is 55.0 Å². The number of hydrogen-bond acceptors (Lipinski definition) is 5. The molecule has 8 heteroatoms. The van der Waals surface area contributed by atoms with Crippen LogP contribution in [0.5, 0.6) is 0 Å². The second kappa shape index (κ2) is 9.32. The highest BCUT2D eigenvalue weighted by Gasteiger charge is 2.35. The number of nitrogens with one attached hydrogen (secondary N) is 1. The van der Waals surface area contributed by atoms with E-state index in [2.05, 4.69) is 28.2 Å². The second-order valence-corrected chi connectivity index (χ2v) is 10.1. The molecule has 1 unspecified atom stereocenters. The summed E-state index contributed by atoms with van der Waals surface area (Å²) in [5.74, 6) is 0.850. The summed E-state index contributed by atoms with van der Waals surface area (Å²) in [6.07, 6.45) is 3.14. The van der Waals surface area contributed by atoms with Crippen molar-refractivity contribution in [3.63, 3.8) is 0 Å². The van der Waals surface area contributed by atoms with Gasteiger partial charge in [0.25, 0.3) is 5.91 Å². The first kappa shape index (κ1) is 23.3. The smallest absolute Gasteiger partial charge is 0.256 e. The maximum absolute atomic E-state index is 13.7. The van der Waals surface area contributed by atoms with Crippen LogP contribution in [-0.4, -0.2) is 66.9 Å². The van der Waals surface area contributed by atoms with Crippen LogP contribution in [-0.2, 0) is 9.59 Å². The molecule has 1 N–H and O–H groups in total. The van der Waals surface area contributed by atoms with Gasteiger partial charge < -0.3 is 20.0 Å². The third-order valence-electron chi connectivity index (χ3n) is 7.48. The predicted molar refractivity (Wildman–Crippen MR) is 135 cm³/mol. The third-order valence-corrected chi connectivity index (χ3v) is 7.48. The number of benzene rings is 1. The van der Waals surface area contributed by atoms with Gasteiger partial charge in [-0.3, -0.25) is 14.4 Å². The quantitative estimate of drug-likeness (QED) is 0.735. The zero-order chi connectivity index (χ0) is 24.7. The molecule has 35 heavy (non-hydrogen) atoms. The van der Waals surface area contributed by atoms with E-state index in [1.54, 1.807) is 4.90 Å². The van der Waals surface area contributed by atoms with Gasteiger partial charge in [-0.15, -0.1) is 0 Å². The van der Waals surface area contributed by atoms with Gasteiger partial charge in [-0.25, -0.2) is 4.98 Å². The summed E-state index contributed by atoms with van der Waals surface area (Å²) < 4.78 is 0. The number of nitrogens with zero attached hydrogens (tertiary/aromatic N) is 4. The number of hydrogen-bond donors (Lipinski definition) is 1. The Morgan fingerprint density at radius 1 is 1.06 bits per heavy atom. The third kappa shape index (κ3) is 4.37. The number of carbonyl (C=O) groups excluding carboxylic acids is 3. The van der Waals surface area contributed by atoms with Crippen molar-refractivity contribution in [2.24, 2.45) is 5.92 Å². The van der Waals surface area contributed by atoms with E-state index in [-0.39, 0.29) is 29.6 Å². The van der Waals surface area contributed by atoms with Crippen LogP contribution in [0.25, 0.3) is 0 Å². The molecular weight excluding hydrogens is 442 g/mol. The lowest BCUT2D eigenvalue weighted by Gasteiger charge is -2.36. The molecule has 3 aliphatic rings. The fraction of sp³-hybridized carbons (Fsp3) is 0.481. The molecule has 0 radical (unpaired) electrons. The summed E-state index contributed by atoms with van der Waals surface area (Å²) in [5, 5.41) is 2.92. The van der Waals surface area contributed by atoms with E-state index in [1.165, 1.54) is 0 Å². The van der Waals surface area contributed by atoms with E-state index in [0.29, 0.717) is 56.9 Å². The Labute approximate surface area is 206 Å². The fourth-order valence-corrected chi connectivity index (χ4v) is 5.61. The summed E-state index contributed by atoms with van der Waals surface area (Å²) in [6, 6.07) is 7.73. The molecule has 3 fully saturated rings. The monoisotopic (exact) mass is 475 g/mol. The van der Waals surface area contributed by atoms with Crippen LogP contribution < -0.4 is 15.1 Å². The SMILES string of the molecule is Cc1cnc(N2CCN(C(=O)c3ccc([C@@H]4C(=O)NCC4C)cc3N3CCCC3=O)CC2)c(C)c1. The molecule has 2 atom stereocenters. The fourth-order valence-electron chi connectivity index (χ4n) is 5.61. The first-order valence-electron chi connectivity index (χ1n) is 12.5. The van der Waals surface area contributed by atoms with E-state index in [1.807, 2.05) is 43.1 Å². The standard InChI is InChI=1S/C27H33N5O3/c1-17-13-18(2)25(28-15-17)30-9-11-31(12-10-30)27(35)21-7-6-20(24-19(3)16-29-26(24)34)14-22(21)32-8-4-5-23(32)33/h6-7,13-15,19,24H,4-5,8-12,16H2,1-3H3,(H,29,34)/t19?,24-/m1/s1. The molecule has 5 rings (SSSR count). The number of anilines is 2. The van der Waals surface area contributed by atoms with Crippen molar-refractivity contribution in [2.45, 2.75) is 39.5 Å². The summed E-state index contributed by atoms with van der Waals surface area (Å²) in [7, 11) is 0. The minimum Gasteiger partial charge on any atom is -0.355 e. The summed E-state index contributed by atoms with van der Waals surface area (Å²) >= 11 is 0. The van der Waals surface area contributed by atoms with Gasteiger partial charge >= 0.3 is 0 Å².